The number of aliphatic hydroxyl groups excluding tert-OH is 1. The van der Waals surface area contributed by atoms with Gasteiger partial charge in [-0.25, -0.2) is 0 Å². The molecule has 0 amide bonds. The average Bonchev–Trinajstić information content (AvgIpc) is 2.33. The number of hydrogen-bond donors (Lipinski definition) is 2. The van der Waals surface area contributed by atoms with Crippen LogP contribution in [-0.2, 0) is 6.61 Å². The van der Waals surface area contributed by atoms with Gasteiger partial charge in [0.25, 0.3) is 0 Å². The molecule has 3 heteroatoms. The van der Waals surface area contributed by atoms with Crippen LogP contribution in [0.1, 0.15) is 31.2 Å². The van der Waals surface area contributed by atoms with Gasteiger partial charge in [-0.2, -0.15) is 0 Å². The molecule has 0 unspecified atom stereocenters. The molecule has 0 spiro atoms. The summed E-state index contributed by atoms with van der Waals surface area (Å²) >= 11 is 0. The Morgan fingerprint density at radius 1 is 1.12 bits per heavy atom. The summed E-state index contributed by atoms with van der Waals surface area (Å²) in [6, 6.07) is 7.98. The van der Waals surface area contributed by atoms with E-state index in [4.69, 9.17) is 15.6 Å². The zero-order chi connectivity index (χ0) is 11.4. The Kier molecular flexibility index (Phi) is 3.80. The van der Waals surface area contributed by atoms with E-state index in [0.717, 1.165) is 37.0 Å². The summed E-state index contributed by atoms with van der Waals surface area (Å²) in [5.41, 5.74) is 6.76. The molecule has 0 radical (unpaired) electrons. The number of hydrogen-bond acceptors (Lipinski definition) is 3. The van der Waals surface area contributed by atoms with Crippen LogP contribution < -0.4 is 10.5 Å². The van der Waals surface area contributed by atoms with E-state index in [1.807, 2.05) is 24.3 Å². The van der Waals surface area contributed by atoms with Gasteiger partial charge in [-0.15, -0.1) is 0 Å². The second-order valence-corrected chi connectivity index (χ2v) is 4.46. The molecule has 0 aliphatic heterocycles. The van der Waals surface area contributed by atoms with Crippen LogP contribution >= 0.6 is 0 Å². The zero-order valence-electron chi connectivity index (χ0n) is 9.43. The van der Waals surface area contributed by atoms with Crippen LogP contribution in [0.4, 0.5) is 0 Å². The van der Waals surface area contributed by atoms with E-state index >= 15 is 0 Å². The Balaban J connectivity index is 1.88. The van der Waals surface area contributed by atoms with Crippen molar-refractivity contribution in [2.75, 3.05) is 0 Å². The van der Waals surface area contributed by atoms with Crippen molar-refractivity contribution < 1.29 is 9.84 Å². The first kappa shape index (κ1) is 11.4. The number of rotatable bonds is 3. The Labute approximate surface area is 96.2 Å². The SMILES string of the molecule is NC1CCC(Oc2ccc(CO)cc2)CC1. The Hall–Kier alpha value is -1.06. The van der Waals surface area contributed by atoms with Crippen molar-refractivity contribution in [3.05, 3.63) is 29.8 Å². The summed E-state index contributed by atoms with van der Waals surface area (Å²) in [5.74, 6) is 0.887. The molecule has 16 heavy (non-hydrogen) atoms. The monoisotopic (exact) mass is 221 g/mol. The first-order valence-electron chi connectivity index (χ1n) is 5.90. The molecule has 1 saturated carbocycles. The minimum absolute atomic E-state index is 0.0819. The van der Waals surface area contributed by atoms with E-state index in [1.165, 1.54) is 0 Å². The molecular weight excluding hydrogens is 202 g/mol. The first-order valence-corrected chi connectivity index (χ1v) is 5.90. The van der Waals surface area contributed by atoms with Crippen LogP contribution in [-0.4, -0.2) is 17.3 Å². The van der Waals surface area contributed by atoms with Crippen molar-refractivity contribution in [3.8, 4) is 5.75 Å². The van der Waals surface area contributed by atoms with Crippen molar-refractivity contribution in [2.24, 2.45) is 5.73 Å². The van der Waals surface area contributed by atoms with Gasteiger partial charge >= 0.3 is 0 Å². The summed E-state index contributed by atoms with van der Waals surface area (Å²) in [6.45, 7) is 0.0819. The second kappa shape index (κ2) is 5.32. The molecule has 2 rings (SSSR count). The van der Waals surface area contributed by atoms with Gasteiger partial charge in [-0.05, 0) is 43.4 Å². The third kappa shape index (κ3) is 2.97. The molecule has 0 bridgehead atoms. The van der Waals surface area contributed by atoms with Crippen LogP contribution in [0.2, 0.25) is 0 Å². The normalized spacial score (nSPS) is 25.4. The van der Waals surface area contributed by atoms with Gasteiger partial charge in [0.1, 0.15) is 5.75 Å². The molecule has 1 aliphatic carbocycles. The largest absolute Gasteiger partial charge is 0.490 e. The fourth-order valence-electron chi connectivity index (χ4n) is 2.07. The van der Waals surface area contributed by atoms with E-state index in [1.54, 1.807) is 0 Å². The Morgan fingerprint density at radius 2 is 1.75 bits per heavy atom. The molecule has 0 aromatic heterocycles. The lowest BCUT2D eigenvalue weighted by atomic mass is 9.94. The quantitative estimate of drug-likeness (QED) is 0.818. The van der Waals surface area contributed by atoms with Gasteiger partial charge in [0, 0.05) is 6.04 Å². The predicted molar refractivity (Wildman–Crippen MR) is 63.2 cm³/mol. The highest BCUT2D eigenvalue weighted by Crippen LogP contribution is 2.23. The first-order chi connectivity index (χ1) is 7.78. The van der Waals surface area contributed by atoms with Crippen LogP contribution in [0, 0.1) is 0 Å². The second-order valence-electron chi connectivity index (χ2n) is 4.46. The summed E-state index contributed by atoms with van der Waals surface area (Å²) in [6.07, 6.45) is 4.50. The number of ether oxygens (including phenoxy) is 1. The van der Waals surface area contributed by atoms with Gasteiger partial charge in [0.2, 0.25) is 0 Å². The van der Waals surface area contributed by atoms with Crippen LogP contribution in [0.5, 0.6) is 5.75 Å². The predicted octanol–water partition coefficient (Wildman–Crippen LogP) is 1.83. The molecule has 3 nitrogen and oxygen atoms in total. The van der Waals surface area contributed by atoms with Crippen LogP contribution in [0.3, 0.4) is 0 Å². The maximum atomic E-state index is 8.92. The molecule has 1 aromatic carbocycles. The number of aliphatic hydroxyl groups is 1. The minimum Gasteiger partial charge on any atom is -0.490 e. The van der Waals surface area contributed by atoms with Gasteiger partial charge in [-0.1, -0.05) is 12.1 Å². The van der Waals surface area contributed by atoms with E-state index in [2.05, 4.69) is 0 Å². The highest BCUT2D eigenvalue weighted by atomic mass is 16.5. The maximum Gasteiger partial charge on any atom is 0.119 e. The lowest BCUT2D eigenvalue weighted by molar-refractivity contribution is 0.147. The third-order valence-corrected chi connectivity index (χ3v) is 3.13. The van der Waals surface area contributed by atoms with Gasteiger partial charge in [-0.3, -0.25) is 0 Å². The van der Waals surface area contributed by atoms with Crippen molar-refractivity contribution >= 4 is 0 Å². The van der Waals surface area contributed by atoms with E-state index in [9.17, 15) is 0 Å². The topological polar surface area (TPSA) is 55.5 Å². The smallest absolute Gasteiger partial charge is 0.119 e. The summed E-state index contributed by atoms with van der Waals surface area (Å²) < 4.78 is 5.87. The molecule has 0 atom stereocenters. The Bertz CT molecular complexity index is 315. The summed E-state index contributed by atoms with van der Waals surface area (Å²) in [5, 5.41) is 8.92. The summed E-state index contributed by atoms with van der Waals surface area (Å²) in [4.78, 5) is 0. The minimum atomic E-state index is 0.0819. The van der Waals surface area contributed by atoms with E-state index in [0.29, 0.717) is 12.1 Å². The van der Waals surface area contributed by atoms with Crippen molar-refractivity contribution in [1.29, 1.82) is 0 Å². The highest BCUT2D eigenvalue weighted by molar-refractivity contribution is 5.27. The highest BCUT2D eigenvalue weighted by Gasteiger charge is 2.19. The average molecular weight is 221 g/mol. The molecule has 0 saturated heterocycles. The van der Waals surface area contributed by atoms with E-state index in [-0.39, 0.29) is 6.61 Å². The lowest BCUT2D eigenvalue weighted by Gasteiger charge is -2.26. The summed E-state index contributed by atoms with van der Waals surface area (Å²) in [7, 11) is 0. The third-order valence-electron chi connectivity index (χ3n) is 3.13. The molecule has 3 N–H and O–H groups in total. The molecule has 0 heterocycles. The standard InChI is InChI=1S/C13H19NO2/c14-11-3-7-13(8-4-11)16-12-5-1-10(9-15)2-6-12/h1-2,5-6,11,13,15H,3-4,7-9,14H2. The van der Waals surface area contributed by atoms with Crippen LogP contribution in [0.15, 0.2) is 24.3 Å². The van der Waals surface area contributed by atoms with Gasteiger partial charge in [0.05, 0.1) is 12.7 Å². The maximum absolute atomic E-state index is 8.92. The van der Waals surface area contributed by atoms with E-state index < -0.39 is 0 Å². The van der Waals surface area contributed by atoms with Crippen molar-refractivity contribution in [1.82, 2.24) is 0 Å². The number of nitrogens with two attached hydrogens (primary N) is 1. The molecule has 1 aromatic rings. The molecule has 88 valence electrons. The Morgan fingerprint density at radius 3 is 2.31 bits per heavy atom. The zero-order valence-corrected chi connectivity index (χ0v) is 9.43. The van der Waals surface area contributed by atoms with Gasteiger partial charge < -0.3 is 15.6 Å². The van der Waals surface area contributed by atoms with Gasteiger partial charge in [0.15, 0.2) is 0 Å². The lowest BCUT2D eigenvalue weighted by Crippen LogP contribution is -2.31. The molecule has 1 fully saturated rings. The van der Waals surface area contributed by atoms with Crippen LogP contribution in [0.25, 0.3) is 0 Å². The molecule has 1 aliphatic rings. The number of benzene rings is 1. The van der Waals surface area contributed by atoms with Crippen molar-refractivity contribution in [3.63, 3.8) is 0 Å². The van der Waals surface area contributed by atoms with Crippen molar-refractivity contribution in [2.45, 2.75) is 44.4 Å². The molecular formula is C13H19NO2. The fourth-order valence-corrected chi connectivity index (χ4v) is 2.07. The fraction of sp³-hybridized carbons (Fsp3) is 0.538.